The number of carbonyl (C=O) groups excluding carboxylic acids is 2. The van der Waals surface area contributed by atoms with E-state index in [9.17, 15) is 9.59 Å². The van der Waals surface area contributed by atoms with Gasteiger partial charge in [-0.15, -0.1) is 0 Å². The lowest BCUT2D eigenvalue weighted by atomic mass is 10.1. The van der Waals surface area contributed by atoms with E-state index in [2.05, 4.69) is 5.32 Å². The third-order valence-electron chi connectivity index (χ3n) is 3.51. The molecule has 1 amide bonds. The summed E-state index contributed by atoms with van der Waals surface area (Å²) in [5.74, 6) is -0.0696. The van der Waals surface area contributed by atoms with E-state index < -0.39 is 12.1 Å². The minimum atomic E-state index is -0.668. The normalized spacial score (nSPS) is 11.5. The Morgan fingerprint density at radius 2 is 1.79 bits per heavy atom. The Hall–Kier alpha value is -2.82. The van der Waals surface area contributed by atoms with Gasteiger partial charge in [-0.1, -0.05) is 24.3 Å². The fraction of sp³-hybridized carbons (Fsp3) is 0.263. The van der Waals surface area contributed by atoms with E-state index in [1.807, 2.05) is 18.2 Å². The maximum atomic E-state index is 12.3. The molecule has 5 nitrogen and oxygen atoms in total. The van der Waals surface area contributed by atoms with Gasteiger partial charge < -0.3 is 14.8 Å². The molecule has 1 atom stereocenters. The minimum absolute atomic E-state index is 0.289. The van der Waals surface area contributed by atoms with E-state index in [1.165, 1.54) is 0 Å². The Morgan fingerprint density at radius 1 is 1.08 bits per heavy atom. The van der Waals surface area contributed by atoms with Crippen molar-refractivity contribution in [3.63, 3.8) is 0 Å². The summed E-state index contributed by atoms with van der Waals surface area (Å²) in [6.07, 6.45) is -0.668. The number of hydrogen-bond donors (Lipinski definition) is 1. The molecule has 0 spiro atoms. The Balaban J connectivity index is 2.08. The molecule has 24 heavy (non-hydrogen) atoms. The molecule has 0 saturated carbocycles. The first-order valence-corrected chi connectivity index (χ1v) is 7.82. The Labute approximate surface area is 141 Å². The van der Waals surface area contributed by atoms with E-state index >= 15 is 0 Å². The topological polar surface area (TPSA) is 64.6 Å². The second-order valence-corrected chi connectivity index (χ2v) is 5.26. The largest absolute Gasteiger partial charge is 0.481 e. The molecule has 2 rings (SSSR count). The number of para-hydroxylation sites is 1. The number of nitrogens with one attached hydrogen (secondary N) is 1. The summed E-state index contributed by atoms with van der Waals surface area (Å²) in [5, 5.41) is 2.80. The zero-order valence-electron chi connectivity index (χ0n) is 14.0. The molecule has 0 aliphatic heterocycles. The lowest BCUT2D eigenvalue weighted by Gasteiger charge is -2.16. The Morgan fingerprint density at radius 3 is 2.46 bits per heavy atom. The molecule has 0 aliphatic rings. The Kier molecular flexibility index (Phi) is 5.95. The summed E-state index contributed by atoms with van der Waals surface area (Å²) in [7, 11) is 0. The van der Waals surface area contributed by atoms with Crippen molar-refractivity contribution in [1.82, 2.24) is 0 Å². The van der Waals surface area contributed by atoms with Gasteiger partial charge in [-0.3, -0.25) is 4.79 Å². The maximum absolute atomic E-state index is 12.3. The number of esters is 1. The summed E-state index contributed by atoms with van der Waals surface area (Å²) < 4.78 is 10.6. The van der Waals surface area contributed by atoms with Gasteiger partial charge in [0.05, 0.1) is 12.2 Å². The van der Waals surface area contributed by atoms with Gasteiger partial charge in [-0.2, -0.15) is 0 Å². The molecular weight excluding hydrogens is 306 g/mol. The molecule has 0 saturated heterocycles. The van der Waals surface area contributed by atoms with Crippen molar-refractivity contribution < 1.29 is 19.1 Å². The van der Waals surface area contributed by atoms with Crippen LogP contribution in [-0.4, -0.2) is 24.6 Å². The summed E-state index contributed by atoms with van der Waals surface area (Å²) in [6.45, 7) is 5.50. The van der Waals surface area contributed by atoms with Gasteiger partial charge in [0.1, 0.15) is 5.75 Å². The average Bonchev–Trinajstić information content (AvgIpc) is 2.57. The lowest BCUT2D eigenvalue weighted by Crippen LogP contribution is -2.30. The number of amides is 1. The highest BCUT2D eigenvalue weighted by Crippen LogP contribution is 2.20. The second kappa shape index (κ2) is 8.15. The summed E-state index contributed by atoms with van der Waals surface area (Å²) in [5.41, 5.74) is 1.66. The molecule has 0 aliphatic carbocycles. The third kappa shape index (κ3) is 4.35. The van der Waals surface area contributed by atoms with Crippen LogP contribution in [0.25, 0.3) is 0 Å². The molecule has 1 N–H and O–H groups in total. The van der Waals surface area contributed by atoms with Crippen molar-refractivity contribution in [2.45, 2.75) is 26.9 Å². The summed E-state index contributed by atoms with van der Waals surface area (Å²) >= 11 is 0. The molecule has 0 unspecified atom stereocenters. The highest BCUT2D eigenvalue weighted by molar-refractivity contribution is 5.98. The highest BCUT2D eigenvalue weighted by Gasteiger charge is 2.18. The van der Waals surface area contributed by atoms with E-state index in [1.54, 1.807) is 51.1 Å². The zero-order chi connectivity index (χ0) is 17.5. The number of ether oxygens (including phenoxy) is 2. The van der Waals surface area contributed by atoms with E-state index in [0.29, 0.717) is 29.2 Å². The molecule has 0 fully saturated rings. The van der Waals surface area contributed by atoms with Gasteiger partial charge >= 0.3 is 5.97 Å². The van der Waals surface area contributed by atoms with Gasteiger partial charge in [0.15, 0.2) is 6.10 Å². The predicted molar refractivity (Wildman–Crippen MR) is 92.3 cm³/mol. The van der Waals surface area contributed by atoms with Crippen molar-refractivity contribution in [3.05, 3.63) is 59.7 Å². The van der Waals surface area contributed by atoms with Crippen LogP contribution in [0.5, 0.6) is 5.75 Å². The third-order valence-corrected chi connectivity index (χ3v) is 3.51. The van der Waals surface area contributed by atoms with Gasteiger partial charge in [0.2, 0.25) is 0 Å². The molecule has 5 heteroatoms. The monoisotopic (exact) mass is 327 g/mol. The molecule has 0 aromatic heterocycles. The first-order chi connectivity index (χ1) is 11.5. The minimum Gasteiger partial charge on any atom is -0.481 e. The van der Waals surface area contributed by atoms with Crippen LogP contribution >= 0.6 is 0 Å². The molecule has 0 heterocycles. The SMILES string of the molecule is CCOC(=O)c1cccc(NC(=O)[C@@H](C)Oc2ccccc2)c1C. The fourth-order valence-corrected chi connectivity index (χ4v) is 2.19. The van der Waals surface area contributed by atoms with Crippen LogP contribution in [0.1, 0.15) is 29.8 Å². The van der Waals surface area contributed by atoms with Crippen LogP contribution in [0, 0.1) is 6.92 Å². The average molecular weight is 327 g/mol. The van der Waals surface area contributed by atoms with Gasteiger partial charge in [0, 0.05) is 5.69 Å². The van der Waals surface area contributed by atoms with Crippen LogP contribution in [0.4, 0.5) is 5.69 Å². The molecule has 2 aromatic rings. The quantitative estimate of drug-likeness (QED) is 0.824. The van der Waals surface area contributed by atoms with Crippen LogP contribution < -0.4 is 10.1 Å². The summed E-state index contributed by atoms with van der Waals surface area (Å²) in [6, 6.07) is 14.3. The van der Waals surface area contributed by atoms with E-state index in [0.717, 1.165) is 0 Å². The molecule has 0 radical (unpaired) electrons. The summed E-state index contributed by atoms with van der Waals surface area (Å²) in [4.78, 5) is 24.2. The molecule has 2 aromatic carbocycles. The number of benzene rings is 2. The van der Waals surface area contributed by atoms with Crippen LogP contribution in [-0.2, 0) is 9.53 Å². The van der Waals surface area contributed by atoms with Gasteiger partial charge in [-0.05, 0) is 50.6 Å². The maximum Gasteiger partial charge on any atom is 0.338 e. The smallest absolute Gasteiger partial charge is 0.338 e. The molecular formula is C19H21NO4. The van der Waals surface area contributed by atoms with E-state index in [-0.39, 0.29) is 5.91 Å². The van der Waals surface area contributed by atoms with Crippen LogP contribution in [0.15, 0.2) is 48.5 Å². The number of rotatable bonds is 6. The number of carbonyl (C=O) groups is 2. The first kappa shape index (κ1) is 17.5. The van der Waals surface area contributed by atoms with Crippen molar-refractivity contribution in [2.75, 3.05) is 11.9 Å². The van der Waals surface area contributed by atoms with Crippen molar-refractivity contribution in [2.24, 2.45) is 0 Å². The number of anilines is 1. The molecule has 126 valence electrons. The van der Waals surface area contributed by atoms with Gasteiger partial charge in [0.25, 0.3) is 5.91 Å². The first-order valence-electron chi connectivity index (χ1n) is 7.82. The van der Waals surface area contributed by atoms with Gasteiger partial charge in [-0.25, -0.2) is 4.79 Å². The zero-order valence-corrected chi connectivity index (χ0v) is 14.0. The fourth-order valence-electron chi connectivity index (χ4n) is 2.19. The number of hydrogen-bond acceptors (Lipinski definition) is 4. The van der Waals surface area contributed by atoms with Crippen molar-refractivity contribution in [3.8, 4) is 5.75 Å². The molecule has 0 bridgehead atoms. The van der Waals surface area contributed by atoms with Crippen molar-refractivity contribution in [1.29, 1.82) is 0 Å². The Bertz CT molecular complexity index is 713. The van der Waals surface area contributed by atoms with E-state index in [4.69, 9.17) is 9.47 Å². The standard InChI is InChI=1S/C19H21NO4/c1-4-23-19(22)16-11-8-12-17(13(16)2)20-18(21)14(3)24-15-9-6-5-7-10-15/h5-12,14H,4H2,1-3H3,(H,20,21)/t14-/m1/s1. The highest BCUT2D eigenvalue weighted by atomic mass is 16.5. The second-order valence-electron chi connectivity index (χ2n) is 5.26. The van der Waals surface area contributed by atoms with Crippen LogP contribution in [0.2, 0.25) is 0 Å². The van der Waals surface area contributed by atoms with Crippen LogP contribution in [0.3, 0.4) is 0 Å². The lowest BCUT2D eigenvalue weighted by molar-refractivity contribution is -0.122. The predicted octanol–water partition coefficient (Wildman–Crippen LogP) is 3.58. The van der Waals surface area contributed by atoms with Crippen molar-refractivity contribution >= 4 is 17.6 Å².